The number of aliphatic hydroxyl groups is 1. The van der Waals surface area contributed by atoms with Gasteiger partial charge in [0.25, 0.3) is 0 Å². The maximum Gasteiger partial charge on any atom is 0.123 e. The van der Waals surface area contributed by atoms with Gasteiger partial charge in [0.2, 0.25) is 0 Å². The van der Waals surface area contributed by atoms with Gasteiger partial charge in [0.15, 0.2) is 0 Å². The second-order valence-corrected chi connectivity index (χ2v) is 4.31. The third-order valence-corrected chi connectivity index (χ3v) is 2.97. The minimum atomic E-state index is -0.891. The maximum absolute atomic E-state index is 13.0. The molecule has 0 radical (unpaired) electrons. The number of aryl methyl sites for hydroxylation is 1. The lowest BCUT2D eigenvalue weighted by molar-refractivity contribution is 0.208. The number of nitrogens with zero attached hydrogens (tertiary/aromatic N) is 2. The van der Waals surface area contributed by atoms with Crippen molar-refractivity contribution in [3.05, 3.63) is 52.0 Å². The summed E-state index contributed by atoms with van der Waals surface area (Å²) in [6.07, 6.45) is 0.704. The van der Waals surface area contributed by atoms with Crippen molar-refractivity contribution in [1.29, 1.82) is 0 Å². The zero-order valence-corrected chi connectivity index (χ0v) is 10.1. The smallest absolute Gasteiger partial charge is 0.123 e. The van der Waals surface area contributed by atoms with Gasteiger partial charge in [-0.25, -0.2) is 4.39 Å². The Hall–Kier alpha value is -1.20. The van der Waals surface area contributed by atoms with E-state index in [2.05, 4.69) is 21.0 Å². The second-order valence-electron chi connectivity index (χ2n) is 3.46. The molecule has 1 aromatic carbocycles. The maximum atomic E-state index is 13.0. The van der Waals surface area contributed by atoms with E-state index in [0.29, 0.717) is 15.7 Å². The Morgan fingerprint density at radius 1 is 1.50 bits per heavy atom. The average Bonchev–Trinajstić information content (AvgIpc) is 2.58. The topological polar surface area (TPSA) is 38.0 Å². The van der Waals surface area contributed by atoms with E-state index in [9.17, 15) is 9.50 Å². The fraction of sp³-hybridized carbons (Fsp3) is 0.182. The van der Waals surface area contributed by atoms with Crippen LogP contribution in [0.4, 0.5) is 4.39 Å². The van der Waals surface area contributed by atoms with Crippen LogP contribution in [0.5, 0.6) is 0 Å². The fourth-order valence-electron chi connectivity index (χ4n) is 1.56. The van der Waals surface area contributed by atoms with Gasteiger partial charge in [-0.3, -0.25) is 4.68 Å². The summed E-state index contributed by atoms with van der Waals surface area (Å²) in [5.74, 6) is -0.366. The first kappa shape index (κ1) is 11.3. The first-order valence-electron chi connectivity index (χ1n) is 4.70. The first-order chi connectivity index (χ1) is 7.59. The first-order valence-corrected chi connectivity index (χ1v) is 5.50. The number of aliphatic hydroxyl groups excluding tert-OH is 1. The molecule has 1 heterocycles. The molecular formula is C11H10BrFN2O. The minimum absolute atomic E-state index is 0.366. The molecule has 3 nitrogen and oxygen atoms in total. The number of hydrogen-bond acceptors (Lipinski definition) is 2. The van der Waals surface area contributed by atoms with Crippen molar-refractivity contribution in [1.82, 2.24) is 9.78 Å². The van der Waals surface area contributed by atoms with Gasteiger partial charge in [-0.15, -0.1) is 0 Å². The Morgan fingerprint density at radius 2 is 2.25 bits per heavy atom. The predicted octanol–water partition coefficient (Wildman–Crippen LogP) is 2.40. The number of aromatic nitrogens is 2. The molecule has 0 spiro atoms. The van der Waals surface area contributed by atoms with E-state index in [-0.39, 0.29) is 5.82 Å². The van der Waals surface area contributed by atoms with Gasteiger partial charge in [-0.2, -0.15) is 5.10 Å². The Balaban J connectivity index is 2.43. The van der Waals surface area contributed by atoms with Gasteiger partial charge in [0, 0.05) is 7.05 Å². The molecule has 2 aromatic rings. The van der Waals surface area contributed by atoms with Crippen LogP contribution in [0.25, 0.3) is 0 Å². The molecule has 0 aliphatic carbocycles. The zero-order chi connectivity index (χ0) is 11.7. The van der Waals surface area contributed by atoms with Crippen LogP contribution >= 0.6 is 15.9 Å². The SMILES string of the molecule is Cn1ncc(Br)c1C(O)c1cccc(F)c1. The third-order valence-electron chi connectivity index (χ3n) is 2.36. The molecule has 1 unspecified atom stereocenters. The van der Waals surface area contributed by atoms with E-state index in [1.807, 2.05) is 0 Å². The monoisotopic (exact) mass is 284 g/mol. The van der Waals surface area contributed by atoms with Gasteiger partial charge >= 0.3 is 0 Å². The average molecular weight is 285 g/mol. The summed E-state index contributed by atoms with van der Waals surface area (Å²) in [4.78, 5) is 0. The molecule has 0 saturated heterocycles. The summed E-state index contributed by atoms with van der Waals surface area (Å²) in [6, 6.07) is 5.89. The number of halogens is 2. The molecule has 0 amide bonds. The van der Waals surface area contributed by atoms with Crippen LogP contribution in [0.2, 0.25) is 0 Å². The quantitative estimate of drug-likeness (QED) is 0.920. The number of hydrogen-bond donors (Lipinski definition) is 1. The second kappa shape index (κ2) is 4.35. The van der Waals surface area contributed by atoms with Crippen molar-refractivity contribution < 1.29 is 9.50 Å². The molecule has 0 fully saturated rings. The molecule has 0 saturated carbocycles. The van der Waals surface area contributed by atoms with Crippen LogP contribution in [0.1, 0.15) is 17.4 Å². The lowest BCUT2D eigenvalue weighted by Crippen LogP contribution is -2.07. The van der Waals surface area contributed by atoms with Crippen molar-refractivity contribution in [3.63, 3.8) is 0 Å². The van der Waals surface area contributed by atoms with Crippen molar-refractivity contribution >= 4 is 15.9 Å². The molecule has 2 rings (SSSR count). The van der Waals surface area contributed by atoms with Crippen LogP contribution in [-0.2, 0) is 7.05 Å². The molecule has 1 N–H and O–H groups in total. The summed E-state index contributed by atoms with van der Waals surface area (Å²) in [7, 11) is 1.72. The summed E-state index contributed by atoms with van der Waals surface area (Å²) in [6.45, 7) is 0. The van der Waals surface area contributed by atoms with E-state index in [0.717, 1.165) is 0 Å². The normalized spacial score (nSPS) is 12.8. The van der Waals surface area contributed by atoms with E-state index in [1.54, 1.807) is 30.1 Å². The molecule has 1 atom stereocenters. The Bertz CT molecular complexity index is 493. The van der Waals surface area contributed by atoms with Gasteiger partial charge in [0.05, 0.1) is 16.4 Å². The Labute approximate surface area is 101 Å². The minimum Gasteiger partial charge on any atom is -0.382 e. The summed E-state index contributed by atoms with van der Waals surface area (Å²) in [5, 5.41) is 14.1. The molecule has 0 aliphatic heterocycles. The highest BCUT2D eigenvalue weighted by Crippen LogP contribution is 2.27. The lowest BCUT2D eigenvalue weighted by atomic mass is 10.1. The van der Waals surface area contributed by atoms with E-state index in [4.69, 9.17) is 0 Å². The highest BCUT2D eigenvalue weighted by atomic mass is 79.9. The summed E-state index contributed by atoms with van der Waals surface area (Å²) in [5.41, 5.74) is 1.11. The molecule has 5 heteroatoms. The largest absolute Gasteiger partial charge is 0.382 e. The van der Waals surface area contributed by atoms with Crippen LogP contribution in [-0.4, -0.2) is 14.9 Å². The molecule has 84 valence electrons. The van der Waals surface area contributed by atoms with Crippen molar-refractivity contribution in [2.75, 3.05) is 0 Å². The van der Waals surface area contributed by atoms with Gasteiger partial charge < -0.3 is 5.11 Å². The Morgan fingerprint density at radius 3 is 2.81 bits per heavy atom. The van der Waals surface area contributed by atoms with Crippen LogP contribution in [0, 0.1) is 5.82 Å². The van der Waals surface area contributed by atoms with Crippen molar-refractivity contribution in [2.24, 2.45) is 7.05 Å². The molecule has 16 heavy (non-hydrogen) atoms. The van der Waals surface area contributed by atoms with Crippen LogP contribution in [0.3, 0.4) is 0 Å². The van der Waals surface area contributed by atoms with Crippen LogP contribution < -0.4 is 0 Å². The molecular weight excluding hydrogens is 275 g/mol. The highest BCUT2D eigenvalue weighted by molar-refractivity contribution is 9.10. The number of benzene rings is 1. The third kappa shape index (κ3) is 2.01. The summed E-state index contributed by atoms with van der Waals surface area (Å²) < 4.78 is 15.3. The fourth-order valence-corrected chi connectivity index (χ4v) is 2.13. The lowest BCUT2D eigenvalue weighted by Gasteiger charge is -2.12. The summed E-state index contributed by atoms with van der Waals surface area (Å²) >= 11 is 3.30. The van der Waals surface area contributed by atoms with Gasteiger partial charge in [0.1, 0.15) is 11.9 Å². The van der Waals surface area contributed by atoms with E-state index in [1.165, 1.54) is 12.1 Å². The predicted molar refractivity (Wildman–Crippen MR) is 61.4 cm³/mol. The molecule has 0 bridgehead atoms. The van der Waals surface area contributed by atoms with E-state index < -0.39 is 6.10 Å². The standard InChI is InChI=1S/C11H10BrFN2O/c1-15-10(9(12)6-14-15)11(16)7-3-2-4-8(13)5-7/h2-6,11,16H,1H3. The van der Waals surface area contributed by atoms with Gasteiger partial charge in [-0.05, 0) is 33.6 Å². The van der Waals surface area contributed by atoms with Gasteiger partial charge in [-0.1, -0.05) is 12.1 Å². The number of rotatable bonds is 2. The highest BCUT2D eigenvalue weighted by Gasteiger charge is 2.18. The molecule has 1 aromatic heterocycles. The van der Waals surface area contributed by atoms with E-state index >= 15 is 0 Å². The zero-order valence-electron chi connectivity index (χ0n) is 8.56. The Kier molecular flexibility index (Phi) is 3.07. The molecule has 0 aliphatic rings. The van der Waals surface area contributed by atoms with Crippen molar-refractivity contribution in [2.45, 2.75) is 6.10 Å². The van der Waals surface area contributed by atoms with Crippen LogP contribution in [0.15, 0.2) is 34.9 Å². The van der Waals surface area contributed by atoms with Crippen molar-refractivity contribution in [3.8, 4) is 0 Å².